The fourth-order valence-electron chi connectivity index (χ4n) is 3.26. The Bertz CT molecular complexity index is 933. The fraction of sp³-hybridized carbons (Fsp3) is 0.304. The Morgan fingerprint density at radius 3 is 2.55 bits per heavy atom. The van der Waals surface area contributed by atoms with Crippen LogP contribution in [0.3, 0.4) is 0 Å². The molecule has 0 spiro atoms. The van der Waals surface area contributed by atoms with E-state index in [1.54, 1.807) is 13.1 Å². The van der Waals surface area contributed by atoms with E-state index >= 15 is 0 Å². The number of aromatic nitrogens is 2. The number of hydrogen-bond acceptors (Lipinski definition) is 2. The highest BCUT2D eigenvalue weighted by Gasteiger charge is 2.05. The number of nitrogens with zero attached hydrogens (tertiary/aromatic N) is 3. The lowest BCUT2D eigenvalue weighted by molar-refractivity contribution is 0.625. The zero-order valence-corrected chi connectivity index (χ0v) is 17.0. The summed E-state index contributed by atoms with van der Waals surface area (Å²) in [5.41, 5.74) is 3.37. The average Bonchev–Trinajstić information content (AvgIpc) is 3.16. The molecule has 1 heterocycles. The molecule has 1 aromatic heterocycles. The summed E-state index contributed by atoms with van der Waals surface area (Å²) >= 11 is 0. The largest absolute Gasteiger partial charge is 0.356 e. The lowest BCUT2D eigenvalue weighted by Gasteiger charge is -2.13. The first-order chi connectivity index (χ1) is 14.2. The number of aryl methyl sites for hydroxylation is 1. The molecule has 0 saturated heterocycles. The van der Waals surface area contributed by atoms with Crippen LogP contribution in [0.1, 0.15) is 22.5 Å². The number of hydrogen-bond donors (Lipinski definition) is 2. The summed E-state index contributed by atoms with van der Waals surface area (Å²) in [6.45, 7) is 4.22. The maximum Gasteiger partial charge on any atom is 0.191 e. The minimum atomic E-state index is -0.192. The van der Waals surface area contributed by atoms with Crippen molar-refractivity contribution in [3.05, 3.63) is 89.3 Å². The Labute approximate surface area is 171 Å². The molecule has 2 N–H and O–H groups in total. The molecule has 29 heavy (non-hydrogen) atoms. The van der Waals surface area contributed by atoms with E-state index in [0.717, 1.165) is 55.4 Å². The number of rotatable bonds is 8. The van der Waals surface area contributed by atoms with Crippen LogP contribution in [0.15, 0.2) is 65.9 Å². The predicted molar refractivity (Wildman–Crippen MR) is 116 cm³/mol. The molecule has 0 atom stereocenters. The first kappa shape index (κ1) is 20.6. The van der Waals surface area contributed by atoms with E-state index < -0.39 is 0 Å². The van der Waals surface area contributed by atoms with Gasteiger partial charge in [-0.3, -0.25) is 4.99 Å². The Morgan fingerprint density at radius 2 is 1.83 bits per heavy atom. The van der Waals surface area contributed by atoms with Crippen molar-refractivity contribution in [2.24, 2.45) is 4.99 Å². The van der Waals surface area contributed by atoms with E-state index in [-0.39, 0.29) is 5.82 Å². The van der Waals surface area contributed by atoms with Gasteiger partial charge in [0.1, 0.15) is 11.6 Å². The van der Waals surface area contributed by atoms with Gasteiger partial charge in [-0.2, -0.15) is 0 Å². The van der Waals surface area contributed by atoms with Gasteiger partial charge in [-0.05, 0) is 42.2 Å². The van der Waals surface area contributed by atoms with Crippen molar-refractivity contribution >= 4 is 5.96 Å². The lowest BCUT2D eigenvalue weighted by Crippen LogP contribution is -2.39. The quantitative estimate of drug-likeness (QED) is 0.456. The number of nitrogens with one attached hydrogen (secondary N) is 2. The van der Waals surface area contributed by atoms with Gasteiger partial charge < -0.3 is 15.2 Å². The van der Waals surface area contributed by atoms with Crippen LogP contribution >= 0.6 is 0 Å². The maximum atomic E-state index is 13.2. The predicted octanol–water partition coefficient (Wildman–Crippen LogP) is 3.33. The highest BCUT2D eigenvalue weighted by Crippen LogP contribution is 2.10. The zero-order chi connectivity index (χ0) is 20.5. The molecule has 0 saturated carbocycles. The SMILES string of the molecule is CN=C(NCCc1ccc(F)cc1C)NCCc1nccn1Cc1ccccc1. The number of halogens is 1. The highest BCUT2D eigenvalue weighted by atomic mass is 19.1. The molecule has 0 amide bonds. The van der Waals surface area contributed by atoms with Gasteiger partial charge in [0.25, 0.3) is 0 Å². The molecule has 2 aromatic carbocycles. The average molecular weight is 394 g/mol. The van der Waals surface area contributed by atoms with Gasteiger partial charge in [-0.25, -0.2) is 9.37 Å². The molecule has 6 heteroatoms. The van der Waals surface area contributed by atoms with Crippen LogP contribution in [0.4, 0.5) is 4.39 Å². The van der Waals surface area contributed by atoms with Crippen LogP contribution in [0.5, 0.6) is 0 Å². The summed E-state index contributed by atoms with van der Waals surface area (Å²) < 4.78 is 15.4. The van der Waals surface area contributed by atoms with Crippen molar-refractivity contribution in [1.29, 1.82) is 0 Å². The van der Waals surface area contributed by atoms with E-state index in [2.05, 4.69) is 49.4 Å². The second-order valence-electron chi connectivity index (χ2n) is 6.95. The molecule has 0 fully saturated rings. The second kappa shape index (κ2) is 10.4. The third-order valence-corrected chi connectivity index (χ3v) is 4.85. The van der Waals surface area contributed by atoms with E-state index in [1.165, 1.54) is 11.6 Å². The van der Waals surface area contributed by atoms with Crippen molar-refractivity contribution in [3.63, 3.8) is 0 Å². The third kappa shape index (κ3) is 6.17. The Hall–Kier alpha value is -3.15. The number of aliphatic imine (C=N–C) groups is 1. The molecule has 0 unspecified atom stereocenters. The van der Waals surface area contributed by atoms with Crippen molar-refractivity contribution in [1.82, 2.24) is 20.2 Å². The first-order valence-corrected chi connectivity index (χ1v) is 9.89. The molecule has 0 aliphatic rings. The zero-order valence-electron chi connectivity index (χ0n) is 17.0. The number of imidazole rings is 1. The fourth-order valence-corrected chi connectivity index (χ4v) is 3.26. The van der Waals surface area contributed by atoms with Crippen LogP contribution in [0.2, 0.25) is 0 Å². The molecule has 0 aliphatic heterocycles. The highest BCUT2D eigenvalue weighted by molar-refractivity contribution is 5.79. The van der Waals surface area contributed by atoms with Gasteiger partial charge in [0, 0.05) is 45.5 Å². The Morgan fingerprint density at radius 1 is 1.07 bits per heavy atom. The maximum absolute atomic E-state index is 13.2. The topological polar surface area (TPSA) is 54.2 Å². The molecule has 0 radical (unpaired) electrons. The normalized spacial score (nSPS) is 11.5. The van der Waals surface area contributed by atoms with Crippen LogP contribution in [0.25, 0.3) is 0 Å². The van der Waals surface area contributed by atoms with Crippen molar-refractivity contribution in [2.75, 3.05) is 20.1 Å². The van der Waals surface area contributed by atoms with Gasteiger partial charge in [-0.15, -0.1) is 0 Å². The number of guanidine groups is 1. The van der Waals surface area contributed by atoms with Gasteiger partial charge in [0.05, 0.1) is 0 Å². The third-order valence-electron chi connectivity index (χ3n) is 4.85. The van der Waals surface area contributed by atoms with Crippen molar-refractivity contribution in [3.8, 4) is 0 Å². The number of benzene rings is 2. The monoisotopic (exact) mass is 393 g/mol. The molecule has 5 nitrogen and oxygen atoms in total. The van der Waals surface area contributed by atoms with E-state index in [1.807, 2.05) is 31.5 Å². The molecule has 0 bridgehead atoms. The minimum Gasteiger partial charge on any atom is -0.356 e. The van der Waals surface area contributed by atoms with Crippen molar-refractivity contribution in [2.45, 2.75) is 26.3 Å². The van der Waals surface area contributed by atoms with Gasteiger partial charge in [0.2, 0.25) is 0 Å². The van der Waals surface area contributed by atoms with Crippen molar-refractivity contribution < 1.29 is 4.39 Å². The lowest BCUT2D eigenvalue weighted by atomic mass is 10.1. The molecule has 0 aliphatic carbocycles. The minimum absolute atomic E-state index is 0.192. The molecule has 3 rings (SSSR count). The molecular weight excluding hydrogens is 365 g/mol. The molecule has 152 valence electrons. The molecular formula is C23H28FN5. The smallest absolute Gasteiger partial charge is 0.191 e. The standard InChI is InChI=1S/C23H28FN5/c1-18-16-21(24)9-8-20(18)10-12-27-23(25-2)28-13-11-22-26-14-15-29(22)17-19-6-4-3-5-7-19/h3-9,14-16H,10-13,17H2,1-2H3,(H2,25,27,28). The van der Waals surface area contributed by atoms with Crippen LogP contribution in [-0.2, 0) is 19.4 Å². The summed E-state index contributed by atoms with van der Waals surface area (Å²) in [6, 6.07) is 15.3. The van der Waals surface area contributed by atoms with Gasteiger partial charge >= 0.3 is 0 Å². The first-order valence-electron chi connectivity index (χ1n) is 9.89. The van der Waals surface area contributed by atoms with Gasteiger partial charge in [0.15, 0.2) is 5.96 Å². The van der Waals surface area contributed by atoms with E-state index in [9.17, 15) is 4.39 Å². The Kier molecular flexibility index (Phi) is 7.39. The van der Waals surface area contributed by atoms with Crippen LogP contribution in [-0.4, -0.2) is 35.6 Å². The summed E-state index contributed by atoms with van der Waals surface area (Å²) in [4.78, 5) is 8.76. The molecule has 3 aromatic rings. The second-order valence-corrected chi connectivity index (χ2v) is 6.95. The summed E-state index contributed by atoms with van der Waals surface area (Å²) in [5, 5.41) is 6.65. The van der Waals surface area contributed by atoms with E-state index in [0.29, 0.717) is 0 Å². The van der Waals surface area contributed by atoms with Crippen LogP contribution in [0, 0.1) is 12.7 Å². The summed E-state index contributed by atoms with van der Waals surface area (Å²) in [5.74, 6) is 1.60. The summed E-state index contributed by atoms with van der Waals surface area (Å²) in [7, 11) is 1.76. The van der Waals surface area contributed by atoms with E-state index in [4.69, 9.17) is 0 Å². The summed E-state index contributed by atoms with van der Waals surface area (Å²) in [6.07, 6.45) is 5.47. The van der Waals surface area contributed by atoms with Gasteiger partial charge in [-0.1, -0.05) is 36.4 Å². The Balaban J connectivity index is 1.44. The van der Waals surface area contributed by atoms with Crippen LogP contribution < -0.4 is 10.6 Å².